The van der Waals surface area contributed by atoms with E-state index in [1.54, 1.807) is 0 Å². The maximum Gasteiger partial charge on any atom is 0.133 e. The van der Waals surface area contributed by atoms with E-state index in [4.69, 9.17) is 4.74 Å². The minimum Gasteiger partial charge on any atom is -0.390 e. The van der Waals surface area contributed by atoms with Crippen molar-refractivity contribution in [2.75, 3.05) is 0 Å². The minimum atomic E-state index is -0.415. The number of ketones is 1. The lowest BCUT2D eigenvalue weighted by Crippen LogP contribution is -2.53. The number of hydrogen-bond donors (Lipinski definition) is 1. The minimum absolute atomic E-state index is 0.108. The van der Waals surface area contributed by atoms with Gasteiger partial charge in [-0.15, -0.1) is 0 Å². The molecule has 3 saturated carbocycles. The van der Waals surface area contributed by atoms with Gasteiger partial charge in [-0.2, -0.15) is 0 Å². The maximum absolute atomic E-state index is 12.4. The van der Waals surface area contributed by atoms with Gasteiger partial charge in [-0.05, 0) is 86.0 Å². The second kappa shape index (κ2) is 7.85. The fourth-order valence-electron chi connectivity index (χ4n) is 8.28. The SMILES string of the molecule is CC(=O)C1CCC2C3CC=C4CC(O)C(OCc5ccccc5)CC4(C)C3CCC12C. The Morgan fingerprint density at radius 3 is 2.65 bits per heavy atom. The molecule has 0 saturated heterocycles. The van der Waals surface area contributed by atoms with Crippen molar-refractivity contribution in [3.8, 4) is 0 Å². The molecule has 0 spiro atoms. The normalized spacial score (nSPS) is 44.1. The molecule has 3 fully saturated rings. The van der Waals surface area contributed by atoms with Crippen LogP contribution >= 0.6 is 0 Å². The second-order valence-corrected chi connectivity index (χ2v) is 11.4. The summed E-state index contributed by atoms with van der Waals surface area (Å²) in [7, 11) is 0. The number of benzene rings is 1. The van der Waals surface area contributed by atoms with E-state index in [0.29, 0.717) is 30.1 Å². The van der Waals surface area contributed by atoms with E-state index < -0.39 is 6.10 Å². The summed E-state index contributed by atoms with van der Waals surface area (Å²) in [6, 6.07) is 10.3. The van der Waals surface area contributed by atoms with E-state index in [2.05, 4.69) is 32.1 Å². The van der Waals surface area contributed by atoms with Crippen LogP contribution in [-0.2, 0) is 16.1 Å². The number of ether oxygens (including phenoxy) is 1. The van der Waals surface area contributed by atoms with Crippen LogP contribution < -0.4 is 0 Å². The molecule has 8 unspecified atom stereocenters. The predicted molar refractivity (Wildman–Crippen MR) is 122 cm³/mol. The quantitative estimate of drug-likeness (QED) is 0.632. The molecule has 1 aromatic carbocycles. The molecule has 1 aromatic rings. The average molecular weight is 423 g/mol. The number of aliphatic hydroxyl groups is 1. The highest BCUT2D eigenvalue weighted by Crippen LogP contribution is 2.66. The number of carbonyl (C=O) groups excluding carboxylic acids is 1. The van der Waals surface area contributed by atoms with Crippen molar-refractivity contribution in [2.24, 2.45) is 34.5 Å². The fourth-order valence-corrected chi connectivity index (χ4v) is 8.28. The van der Waals surface area contributed by atoms with Gasteiger partial charge in [0, 0.05) is 5.92 Å². The highest BCUT2D eigenvalue weighted by atomic mass is 16.5. The molecule has 8 atom stereocenters. The molecule has 0 aromatic heterocycles. The highest BCUT2D eigenvalue weighted by molar-refractivity contribution is 5.79. The van der Waals surface area contributed by atoms with Crippen molar-refractivity contribution in [2.45, 2.75) is 84.5 Å². The van der Waals surface area contributed by atoms with E-state index >= 15 is 0 Å². The molecule has 1 N–H and O–H groups in total. The Bertz CT molecular complexity index is 860. The van der Waals surface area contributed by atoms with Gasteiger partial charge in [0.05, 0.1) is 18.8 Å². The van der Waals surface area contributed by atoms with Crippen molar-refractivity contribution in [3.63, 3.8) is 0 Å². The molecule has 0 radical (unpaired) electrons. The lowest BCUT2D eigenvalue weighted by molar-refractivity contribution is -0.130. The Hall–Kier alpha value is -1.45. The lowest BCUT2D eigenvalue weighted by Gasteiger charge is -2.58. The van der Waals surface area contributed by atoms with Gasteiger partial charge in [0.2, 0.25) is 0 Å². The number of allylic oxidation sites excluding steroid dienone is 1. The predicted octanol–water partition coefficient (Wildman–Crippen LogP) is 5.71. The van der Waals surface area contributed by atoms with Crippen LogP contribution in [0, 0.1) is 34.5 Å². The standard InChI is InChI=1S/C28H38O3/c1-18(29)22-11-12-23-21-10-9-20-15-25(30)26(31-17-19-7-5-4-6-8-19)16-28(20,3)24(21)13-14-27(22,23)2/h4-9,21-26,30H,10-17H2,1-3H3. The molecular formula is C28H38O3. The Morgan fingerprint density at radius 1 is 1.13 bits per heavy atom. The zero-order valence-electron chi connectivity index (χ0n) is 19.3. The zero-order valence-corrected chi connectivity index (χ0v) is 19.3. The van der Waals surface area contributed by atoms with Gasteiger partial charge in [-0.3, -0.25) is 4.79 Å². The Morgan fingerprint density at radius 2 is 1.90 bits per heavy atom. The zero-order chi connectivity index (χ0) is 21.8. The van der Waals surface area contributed by atoms with Gasteiger partial charge in [0.1, 0.15) is 5.78 Å². The monoisotopic (exact) mass is 422 g/mol. The number of carbonyl (C=O) groups is 1. The summed E-state index contributed by atoms with van der Waals surface area (Å²) in [5, 5.41) is 10.9. The average Bonchev–Trinajstić information content (AvgIpc) is 3.11. The largest absolute Gasteiger partial charge is 0.390 e. The molecule has 5 rings (SSSR count). The van der Waals surface area contributed by atoms with Crippen molar-refractivity contribution in [3.05, 3.63) is 47.5 Å². The molecule has 4 aliphatic carbocycles. The van der Waals surface area contributed by atoms with Gasteiger partial charge in [-0.1, -0.05) is 55.8 Å². The second-order valence-electron chi connectivity index (χ2n) is 11.4. The summed E-state index contributed by atoms with van der Waals surface area (Å²) in [5.74, 6) is 2.63. The summed E-state index contributed by atoms with van der Waals surface area (Å²) in [6.07, 6.45) is 9.38. The third-order valence-corrected chi connectivity index (χ3v) is 9.91. The topological polar surface area (TPSA) is 46.5 Å². The third kappa shape index (κ3) is 3.43. The van der Waals surface area contributed by atoms with Crippen LogP contribution in [0.15, 0.2) is 42.0 Å². The van der Waals surface area contributed by atoms with Crippen LogP contribution in [0.2, 0.25) is 0 Å². The maximum atomic E-state index is 12.4. The summed E-state index contributed by atoms with van der Waals surface area (Å²) >= 11 is 0. The van der Waals surface area contributed by atoms with Gasteiger partial charge < -0.3 is 9.84 Å². The number of Topliss-reactive ketones (excluding diaryl/α,β-unsaturated/α-hetero) is 1. The van der Waals surface area contributed by atoms with Crippen LogP contribution in [0.3, 0.4) is 0 Å². The smallest absolute Gasteiger partial charge is 0.133 e. The third-order valence-electron chi connectivity index (χ3n) is 9.91. The first-order valence-electron chi connectivity index (χ1n) is 12.4. The van der Waals surface area contributed by atoms with Crippen molar-refractivity contribution in [1.29, 1.82) is 0 Å². The summed E-state index contributed by atoms with van der Waals surface area (Å²) < 4.78 is 6.31. The number of fused-ring (bicyclic) bond motifs is 5. The van der Waals surface area contributed by atoms with E-state index in [9.17, 15) is 9.90 Å². The number of aliphatic hydroxyl groups excluding tert-OH is 1. The van der Waals surface area contributed by atoms with Crippen LogP contribution in [-0.4, -0.2) is 23.1 Å². The highest BCUT2D eigenvalue weighted by Gasteiger charge is 2.60. The fraction of sp³-hybridized carbons (Fsp3) is 0.679. The number of rotatable bonds is 4. The molecule has 3 heteroatoms. The molecular weight excluding hydrogens is 384 g/mol. The first-order chi connectivity index (χ1) is 14.8. The first kappa shape index (κ1) is 21.4. The van der Waals surface area contributed by atoms with Crippen molar-refractivity contribution < 1.29 is 14.6 Å². The van der Waals surface area contributed by atoms with Gasteiger partial charge in [0.25, 0.3) is 0 Å². The molecule has 0 amide bonds. The van der Waals surface area contributed by atoms with Crippen molar-refractivity contribution >= 4 is 5.78 Å². The van der Waals surface area contributed by atoms with Crippen LogP contribution in [0.5, 0.6) is 0 Å². The summed E-state index contributed by atoms with van der Waals surface area (Å²) in [4.78, 5) is 12.4. The van der Waals surface area contributed by atoms with E-state index in [1.807, 2.05) is 25.1 Å². The van der Waals surface area contributed by atoms with E-state index in [1.165, 1.54) is 24.8 Å². The van der Waals surface area contributed by atoms with Gasteiger partial charge in [-0.25, -0.2) is 0 Å². The van der Waals surface area contributed by atoms with Crippen LogP contribution in [0.25, 0.3) is 0 Å². The lowest BCUT2D eigenvalue weighted by atomic mass is 9.47. The Labute approximate surface area is 187 Å². The molecule has 4 aliphatic rings. The molecule has 3 nitrogen and oxygen atoms in total. The van der Waals surface area contributed by atoms with E-state index in [0.717, 1.165) is 31.2 Å². The summed E-state index contributed by atoms with van der Waals surface area (Å²) in [6.45, 7) is 7.22. The first-order valence-corrected chi connectivity index (χ1v) is 12.4. The molecule has 0 bridgehead atoms. The van der Waals surface area contributed by atoms with E-state index in [-0.39, 0.29) is 22.9 Å². The molecule has 31 heavy (non-hydrogen) atoms. The Balaban J connectivity index is 1.36. The van der Waals surface area contributed by atoms with Crippen LogP contribution in [0.1, 0.15) is 71.3 Å². The number of hydrogen-bond acceptors (Lipinski definition) is 3. The molecule has 0 heterocycles. The summed E-state index contributed by atoms with van der Waals surface area (Å²) in [5.41, 5.74) is 2.92. The van der Waals surface area contributed by atoms with Gasteiger partial charge in [0.15, 0.2) is 0 Å². The van der Waals surface area contributed by atoms with Crippen molar-refractivity contribution in [1.82, 2.24) is 0 Å². The van der Waals surface area contributed by atoms with Crippen LogP contribution in [0.4, 0.5) is 0 Å². The molecule has 0 aliphatic heterocycles. The Kier molecular flexibility index (Phi) is 5.42. The van der Waals surface area contributed by atoms with Gasteiger partial charge >= 0.3 is 0 Å². The molecule has 168 valence electrons.